The SMILES string of the molecule is CCCCCCN(CCCCCC)CCCCCC(C)C. The van der Waals surface area contributed by atoms with Gasteiger partial charge >= 0.3 is 0 Å². The molecule has 0 aliphatic carbocycles. The van der Waals surface area contributed by atoms with Crippen molar-refractivity contribution in [2.45, 2.75) is 105 Å². The first-order valence-electron chi connectivity index (χ1n) is 9.93. The van der Waals surface area contributed by atoms with Crippen LogP contribution in [-0.4, -0.2) is 24.5 Å². The van der Waals surface area contributed by atoms with Crippen LogP contribution in [0.1, 0.15) is 105 Å². The molecule has 0 saturated carbocycles. The lowest BCUT2D eigenvalue weighted by atomic mass is 10.1. The molecule has 0 saturated heterocycles. The Kier molecular flexibility index (Phi) is 16.3. The molecule has 128 valence electrons. The molecule has 0 amide bonds. The van der Waals surface area contributed by atoms with E-state index in [2.05, 4.69) is 32.6 Å². The van der Waals surface area contributed by atoms with Gasteiger partial charge in [-0.1, -0.05) is 85.5 Å². The maximum Gasteiger partial charge on any atom is -0.00187 e. The van der Waals surface area contributed by atoms with E-state index in [0.717, 1.165) is 5.92 Å². The van der Waals surface area contributed by atoms with Gasteiger partial charge in [-0.25, -0.2) is 0 Å². The van der Waals surface area contributed by atoms with E-state index < -0.39 is 0 Å². The number of nitrogens with zero attached hydrogens (tertiary/aromatic N) is 1. The van der Waals surface area contributed by atoms with Crippen LogP contribution in [0.2, 0.25) is 0 Å². The molecular weight excluding hydrogens is 254 g/mol. The summed E-state index contributed by atoms with van der Waals surface area (Å²) in [5.41, 5.74) is 0. The highest BCUT2D eigenvalue weighted by Crippen LogP contribution is 2.10. The molecule has 0 aliphatic rings. The van der Waals surface area contributed by atoms with E-state index in [-0.39, 0.29) is 0 Å². The molecule has 0 aromatic rings. The average molecular weight is 298 g/mol. The van der Waals surface area contributed by atoms with E-state index in [4.69, 9.17) is 0 Å². The topological polar surface area (TPSA) is 3.24 Å². The molecule has 0 radical (unpaired) electrons. The summed E-state index contributed by atoms with van der Waals surface area (Å²) in [6, 6.07) is 0. The third kappa shape index (κ3) is 16.2. The Labute approximate surface area is 135 Å². The molecule has 0 atom stereocenters. The summed E-state index contributed by atoms with van der Waals surface area (Å²) < 4.78 is 0. The highest BCUT2D eigenvalue weighted by atomic mass is 15.1. The van der Waals surface area contributed by atoms with Gasteiger partial charge in [-0.3, -0.25) is 0 Å². The number of hydrogen-bond acceptors (Lipinski definition) is 1. The van der Waals surface area contributed by atoms with E-state index in [1.807, 2.05) is 0 Å². The van der Waals surface area contributed by atoms with Crippen LogP contribution in [-0.2, 0) is 0 Å². The molecular formula is C20H43N. The summed E-state index contributed by atoms with van der Waals surface area (Å²) >= 11 is 0. The monoisotopic (exact) mass is 297 g/mol. The Morgan fingerprint density at radius 3 is 1.38 bits per heavy atom. The van der Waals surface area contributed by atoms with Crippen LogP contribution < -0.4 is 0 Å². The zero-order valence-corrected chi connectivity index (χ0v) is 15.6. The summed E-state index contributed by atoms with van der Waals surface area (Å²) in [7, 11) is 0. The van der Waals surface area contributed by atoms with Crippen molar-refractivity contribution in [3.05, 3.63) is 0 Å². The molecule has 0 unspecified atom stereocenters. The summed E-state index contributed by atoms with van der Waals surface area (Å²) in [5.74, 6) is 0.879. The van der Waals surface area contributed by atoms with E-state index in [1.54, 1.807) is 0 Å². The number of hydrogen-bond donors (Lipinski definition) is 0. The van der Waals surface area contributed by atoms with Gasteiger partial charge in [0.1, 0.15) is 0 Å². The van der Waals surface area contributed by atoms with E-state index >= 15 is 0 Å². The molecule has 0 bridgehead atoms. The fourth-order valence-electron chi connectivity index (χ4n) is 2.92. The van der Waals surface area contributed by atoms with Gasteiger partial charge in [0.2, 0.25) is 0 Å². The van der Waals surface area contributed by atoms with Crippen molar-refractivity contribution < 1.29 is 0 Å². The first kappa shape index (κ1) is 21.0. The van der Waals surface area contributed by atoms with Crippen LogP contribution in [0.3, 0.4) is 0 Å². The van der Waals surface area contributed by atoms with Gasteiger partial charge in [0.15, 0.2) is 0 Å². The van der Waals surface area contributed by atoms with Crippen LogP contribution in [0, 0.1) is 5.92 Å². The molecule has 0 rings (SSSR count). The Morgan fingerprint density at radius 2 is 1.00 bits per heavy atom. The first-order chi connectivity index (χ1) is 10.2. The van der Waals surface area contributed by atoms with Gasteiger partial charge in [-0.05, 0) is 44.8 Å². The van der Waals surface area contributed by atoms with Crippen molar-refractivity contribution in [3.63, 3.8) is 0 Å². The molecule has 0 fully saturated rings. The third-order valence-electron chi connectivity index (χ3n) is 4.41. The lowest BCUT2D eigenvalue weighted by Gasteiger charge is -2.22. The molecule has 0 N–H and O–H groups in total. The number of rotatable bonds is 16. The zero-order valence-electron chi connectivity index (χ0n) is 15.6. The van der Waals surface area contributed by atoms with Crippen LogP contribution in [0.25, 0.3) is 0 Å². The highest BCUT2D eigenvalue weighted by Gasteiger charge is 2.04. The maximum absolute atomic E-state index is 2.75. The van der Waals surface area contributed by atoms with E-state index in [9.17, 15) is 0 Å². The fraction of sp³-hybridized carbons (Fsp3) is 1.00. The van der Waals surface area contributed by atoms with Crippen molar-refractivity contribution in [1.82, 2.24) is 4.90 Å². The van der Waals surface area contributed by atoms with Gasteiger partial charge in [0.05, 0.1) is 0 Å². The second kappa shape index (κ2) is 16.3. The standard InChI is InChI=1S/C20H43N/c1-5-7-9-13-17-21(18-14-10-8-6-2)19-15-11-12-16-20(3)4/h20H,5-19H2,1-4H3. The van der Waals surface area contributed by atoms with Gasteiger partial charge in [0.25, 0.3) is 0 Å². The lowest BCUT2D eigenvalue weighted by Crippen LogP contribution is -2.27. The summed E-state index contributed by atoms with van der Waals surface area (Å²) in [5, 5.41) is 0. The molecule has 21 heavy (non-hydrogen) atoms. The average Bonchev–Trinajstić information content (AvgIpc) is 2.46. The number of unbranched alkanes of at least 4 members (excludes halogenated alkanes) is 8. The smallest absolute Gasteiger partial charge is 0.00187 e. The quantitative estimate of drug-likeness (QED) is 0.288. The summed E-state index contributed by atoms with van der Waals surface area (Å²) in [4.78, 5) is 2.75. The molecule has 0 aliphatic heterocycles. The van der Waals surface area contributed by atoms with Crippen LogP contribution in [0.15, 0.2) is 0 Å². The second-order valence-electron chi connectivity index (χ2n) is 7.21. The van der Waals surface area contributed by atoms with Crippen molar-refractivity contribution in [1.29, 1.82) is 0 Å². The minimum atomic E-state index is 0.879. The predicted octanol–water partition coefficient (Wildman–Crippen LogP) is 6.67. The Bertz CT molecular complexity index is 176. The van der Waals surface area contributed by atoms with Crippen LogP contribution >= 0.6 is 0 Å². The zero-order chi connectivity index (χ0) is 15.8. The van der Waals surface area contributed by atoms with E-state index in [0.29, 0.717) is 0 Å². The molecule has 1 nitrogen and oxygen atoms in total. The van der Waals surface area contributed by atoms with Gasteiger partial charge < -0.3 is 4.90 Å². The maximum atomic E-state index is 2.75. The third-order valence-corrected chi connectivity index (χ3v) is 4.41. The Hall–Kier alpha value is -0.0400. The normalized spacial score (nSPS) is 11.7. The van der Waals surface area contributed by atoms with Crippen molar-refractivity contribution >= 4 is 0 Å². The molecule has 0 aromatic carbocycles. The Balaban J connectivity index is 3.72. The lowest BCUT2D eigenvalue weighted by molar-refractivity contribution is 0.254. The molecule has 0 heterocycles. The van der Waals surface area contributed by atoms with Crippen molar-refractivity contribution in [2.24, 2.45) is 5.92 Å². The van der Waals surface area contributed by atoms with Crippen molar-refractivity contribution in [3.8, 4) is 0 Å². The predicted molar refractivity (Wildman–Crippen MR) is 98.0 cm³/mol. The minimum absolute atomic E-state index is 0.879. The fourth-order valence-corrected chi connectivity index (χ4v) is 2.92. The largest absolute Gasteiger partial charge is 0.303 e. The van der Waals surface area contributed by atoms with E-state index in [1.165, 1.54) is 96.7 Å². The Morgan fingerprint density at radius 1 is 0.571 bits per heavy atom. The highest BCUT2D eigenvalue weighted by molar-refractivity contribution is 4.60. The van der Waals surface area contributed by atoms with Gasteiger partial charge in [-0.2, -0.15) is 0 Å². The molecule has 0 aromatic heterocycles. The van der Waals surface area contributed by atoms with Gasteiger partial charge in [-0.15, -0.1) is 0 Å². The summed E-state index contributed by atoms with van der Waals surface area (Å²) in [6.07, 6.45) is 16.9. The van der Waals surface area contributed by atoms with Crippen LogP contribution in [0.5, 0.6) is 0 Å². The molecule has 0 spiro atoms. The second-order valence-corrected chi connectivity index (χ2v) is 7.21. The first-order valence-corrected chi connectivity index (χ1v) is 9.93. The summed E-state index contributed by atoms with van der Waals surface area (Å²) in [6.45, 7) is 13.3. The van der Waals surface area contributed by atoms with Crippen LogP contribution in [0.4, 0.5) is 0 Å². The minimum Gasteiger partial charge on any atom is -0.303 e. The van der Waals surface area contributed by atoms with Crippen molar-refractivity contribution in [2.75, 3.05) is 19.6 Å². The molecule has 1 heteroatoms. The van der Waals surface area contributed by atoms with Gasteiger partial charge in [0, 0.05) is 0 Å².